The van der Waals surface area contributed by atoms with Gasteiger partial charge < -0.3 is 4.74 Å². The van der Waals surface area contributed by atoms with Crippen LogP contribution in [0.25, 0.3) is 22.6 Å². The van der Waals surface area contributed by atoms with Crippen LogP contribution in [0.5, 0.6) is 0 Å². The van der Waals surface area contributed by atoms with Crippen LogP contribution in [0.3, 0.4) is 0 Å². The molecule has 0 aliphatic rings. The zero-order valence-electron chi connectivity index (χ0n) is 15.9. The van der Waals surface area contributed by atoms with Crippen LogP contribution in [-0.4, -0.2) is 43.7 Å². The summed E-state index contributed by atoms with van der Waals surface area (Å²) in [6.07, 6.45) is 0. The van der Waals surface area contributed by atoms with Crippen molar-refractivity contribution in [3.05, 3.63) is 64.5 Å². The average molecular weight is 499 g/mol. The van der Waals surface area contributed by atoms with Crippen LogP contribution in [0.15, 0.2) is 64.5 Å². The first-order valence-corrected chi connectivity index (χ1v) is 10.7. The van der Waals surface area contributed by atoms with E-state index in [9.17, 15) is 9.59 Å². The number of carbonyl (C=O) groups is 2. The van der Waals surface area contributed by atoms with E-state index in [1.165, 1.54) is 11.3 Å². The summed E-state index contributed by atoms with van der Waals surface area (Å²) in [6.45, 7) is -0.692. The van der Waals surface area contributed by atoms with Gasteiger partial charge in [0.15, 0.2) is 18.3 Å². The van der Waals surface area contributed by atoms with E-state index in [1.807, 2.05) is 60.0 Å². The van der Waals surface area contributed by atoms with Gasteiger partial charge in [0, 0.05) is 21.0 Å². The Hall–Kier alpha value is -3.44. The number of carbonyl (C=O) groups excluding carboxylic acids is 2. The summed E-state index contributed by atoms with van der Waals surface area (Å²) in [5.74, 6) is -0.739. The third-order valence-electron chi connectivity index (χ3n) is 3.99. The molecule has 0 aliphatic carbocycles. The number of hydrogen-bond acceptors (Lipinski definition) is 8. The molecule has 0 spiro atoms. The number of amides is 1. The minimum Gasteiger partial charge on any atom is -0.454 e. The number of nitrogens with zero attached hydrogens (tertiary/aromatic N) is 5. The van der Waals surface area contributed by atoms with Crippen molar-refractivity contribution in [2.24, 2.45) is 0 Å². The fourth-order valence-corrected chi connectivity index (χ4v) is 3.72. The van der Waals surface area contributed by atoms with Gasteiger partial charge in [0.1, 0.15) is 0 Å². The van der Waals surface area contributed by atoms with Crippen molar-refractivity contribution in [1.29, 1.82) is 0 Å². The Labute approximate surface area is 189 Å². The molecule has 0 fully saturated rings. The van der Waals surface area contributed by atoms with Gasteiger partial charge in [-0.1, -0.05) is 58.4 Å². The SMILES string of the molecule is O=C(COC(=O)Cn1nnc(-c2ccccc2)n1)Nc1nc(-c2cccc(Br)c2)cs1. The molecular formula is C20H15BrN6O3S. The summed E-state index contributed by atoms with van der Waals surface area (Å²) in [7, 11) is 0. The number of rotatable bonds is 7. The minimum absolute atomic E-state index is 0.253. The summed E-state index contributed by atoms with van der Waals surface area (Å²) in [5.41, 5.74) is 2.45. The van der Waals surface area contributed by atoms with Crippen LogP contribution in [0.4, 0.5) is 5.13 Å². The molecule has 156 valence electrons. The highest BCUT2D eigenvalue weighted by Gasteiger charge is 2.13. The number of halogens is 1. The van der Waals surface area contributed by atoms with Crippen LogP contribution < -0.4 is 5.32 Å². The van der Waals surface area contributed by atoms with E-state index in [-0.39, 0.29) is 6.54 Å². The maximum atomic E-state index is 12.1. The van der Waals surface area contributed by atoms with E-state index in [2.05, 4.69) is 41.6 Å². The standard InChI is InChI=1S/C20H15BrN6O3S/c21-15-8-4-7-14(9-15)16-12-31-20(22-16)23-17(28)11-30-18(29)10-27-25-19(24-26-27)13-5-2-1-3-6-13/h1-9,12H,10-11H2,(H,22,23,28). The maximum absolute atomic E-state index is 12.1. The van der Waals surface area contributed by atoms with Crippen LogP contribution in [-0.2, 0) is 20.9 Å². The van der Waals surface area contributed by atoms with Gasteiger partial charge in [-0.25, -0.2) is 9.78 Å². The molecule has 2 aromatic heterocycles. The average Bonchev–Trinajstić information content (AvgIpc) is 3.43. The Kier molecular flexibility index (Phi) is 6.43. The quantitative estimate of drug-likeness (QED) is 0.388. The zero-order chi connectivity index (χ0) is 21.6. The maximum Gasteiger partial charge on any atom is 0.330 e. The highest BCUT2D eigenvalue weighted by molar-refractivity contribution is 9.10. The van der Waals surface area contributed by atoms with Crippen molar-refractivity contribution >= 4 is 44.3 Å². The molecule has 4 aromatic rings. The van der Waals surface area contributed by atoms with Gasteiger partial charge in [0.05, 0.1) is 5.69 Å². The minimum atomic E-state index is -0.652. The number of benzene rings is 2. The molecule has 4 rings (SSSR count). The summed E-state index contributed by atoms with van der Waals surface area (Å²) >= 11 is 4.71. The van der Waals surface area contributed by atoms with Crippen LogP contribution in [0, 0.1) is 0 Å². The monoisotopic (exact) mass is 498 g/mol. The Morgan fingerprint density at radius 3 is 2.71 bits per heavy atom. The molecule has 1 amide bonds. The van der Waals surface area contributed by atoms with E-state index in [0.717, 1.165) is 26.1 Å². The number of nitrogens with one attached hydrogen (secondary N) is 1. The van der Waals surface area contributed by atoms with Crippen LogP contribution in [0.1, 0.15) is 0 Å². The van der Waals surface area contributed by atoms with Crippen molar-refractivity contribution in [3.63, 3.8) is 0 Å². The van der Waals surface area contributed by atoms with Gasteiger partial charge in [-0.2, -0.15) is 4.80 Å². The van der Waals surface area contributed by atoms with Gasteiger partial charge in [-0.05, 0) is 17.3 Å². The van der Waals surface area contributed by atoms with Gasteiger partial charge in [-0.15, -0.1) is 21.5 Å². The highest BCUT2D eigenvalue weighted by Crippen LogP contribution is 2.26. The summed E-state index contributed by atoms with van der Waals surface area (Å²) < 4.78 is 5.93. The van der Waals surface area contributed by atoms with E-state index >= 15 is 0 Å². The second kappa shape index (κ2) is 9.58. The third-order valence-corrected chi connectivity index (χ3v) is 5.24. The van der Waals surface area contributed by atoms with Crippen molar-refractivity contribution < 1.29 is 14.3 Å². The van der Waals surface area contributed by atoms with Crippen LogP contribution in [0.2, 0.25) is 0 Å². The molecule has 0 aliphatic heterocycles. The lowest BCUT2D eigenvalue weighted by molar-refractivity contribution is -0.148. The van der Waals surface area contributed by atoms with E-state index < -0.39 is 18.5 Å². The summed E-state index contributed by atoms with van der Waals surface area (Å²) in [5, 5.41) is 16.7. The first-order valence-electron chi connectivity index (χ1n) is 9.07. The predicted molar refractivity (Wildman–Crippen MR) is 118 cm³/mol. The molecule has 0 radical (unpaired) electrons. The van der Waals surface area contributed by atoms with Crippen LogP contribution >= 0.6 is 27.3 Å². The number of tetrazole rings is 1. The number of ether oxygens (including phenoxy) is 1. The lowest BCUT2D eigenvalue weighted by Crippen LogP contribution is -2.23. The van der Waals surface area contributed by atoms with E-state index in [4.69, 9.17) is 4.74 Å². The lowest BCUT2D eigenvalue weighted by Gasteiger charge is -2.04. The van der Waals surface area contributed by atoms with Crippen molar-refractivity contribution in [3.8, 4) is 22.6 Å². The second-order valence-electron chi connectivity index (χ2n) is 6.27. The first-order chi connectivity index (χ1) is 15.1. The molecule has 2 heterocycles. The van der Waals surface area contributed by atoms with E-state index in [0.29, 0.717) is 11.0 Å². The fourth-order valence-electron chi connectivity index (χ4n) is 2.59. The molecule has 9 nitrogen and oxygen atoms in total. The molecule has 2 aromatic carbocycles. The van der Waals surface area contributed by atoms with Gasteiger partial charge in [-0.3, -0.25) is 10.1 Å². The van der Waals surface area contributed by atoms with Crippen molar-refractivity contribution in [1.82, 2.24) is 25.2 Å². The highest BCUT2D eigenvalue weighted by atomic mass is 79.9. The Balaban J connectivity index is 1.26. The lowest BCUT2D eigenvalue weighted by atomic mass is 10.2. The molecule has 0 atom stereocenters. The van der Waals surface area contributed by atoms with E-state index in [1.54, 1.807) is 0 Å². The molecule has 31 heavy (non-hydrogen) atoms. The molecule has 11 heteroatoms. The number of anilines is 1. The third kappa shape index (κ3) is 5.58. The smallest absolute Gasteiger partial charge is 0.330 e. The Morgan fingerprint density at radius 2 is 1.90 bits per heavy atom. The molecule has 1 N–H and O–H groups in total. The number of aromatic nitrogens is 5. The van der Waals surface area contributed by atoms with Crippen molar-refractivity contribution in [2.45, 2.75) is 6.54 Å². The molecule has 0 unspecified atom stereocenters. The molecular weight excluding hydrogens is 484 g/mol. The first kappa shape index (κ1) is 20.8. The van der Waals surface area contributed by atoms with Gasteiger partial charge in [0.2, 0.25) is 5.82 Å². The molecule has 0 saturated heterocycles. The predicted octanol–water partition coefficient (Wildman–Crippen LogP) is 3.41. The summed E-state index contributed by atoms with van der Waals surface area (Å²) in [4.78, 5) is 29.6. The largest absolute Gasteiger partial charge is 0.454 e. The zero-order valence-corrected chi connectivity index (χ0v) is 18.3. The van der Waals surface area contributed by atoms with Gasteiger partial charge in [0.25, 0.3) is 5.91 Å². The van der Waals surface area contributed by atoms with Crippen molar-refractivity contribution in [2.75, 3.05) is 11.9 Å². The fraction of sp³-hybridized carbons (Fsp3) is 0.100. The summed E-state index contributed by atoms with van der Waals surface area (Å²) in [6, 6.07) is 16.9. The Morgan fingerprint density at radius 1 is 1.10 bits per heavy atom. The normalized spacial score (nSPS) is 10.6. The molecule has 0 saturated carbocycles. The number of thiazole rings is 1. The number of esters is 1. The Bertz CT molecular complexity index is 1210. The van der Waals surface area contributed by atoms with Gasteiger partial charge >= 0.3 is 5.97 Å². The number of hydrogen-bond donors (Lipinski definition) is 1. The topological polar surface area (TPSA) is 112 Å². The second-order valence-corrected chi connectivity index (χ2v) is 8.04. The molecule has 0 bridgehead atoms.